The molecule has 1 amide bonds. The third-order valence-corrected chi connectivity index (χ3v) is 4.56. The zero-order valence-corrected chi connectivity index (χ0v) is 14.5. The molecule has 0 aliphatic heterocycles. The summed E-state index contributed by atoms with van der Waals surface area (Å²) in [4.78, 5) is 20.6. The van der Waals surface area contributed by atoms with E-state index in [9.17, 15) is 4.79 Å². The molecule has 134 valence electrons. The third kappa shape index (κ3) is 3.17. The van der Waals surface area contributed by atoms with Crippen molar-refractivity contribution in [2.45, 2.75) is 19.4 Å². The summed E-state index contributed by atoms with van der Waals surface area (Å²) in [5.74, 6) is 0.445. The van der Waals surface area contributed by atoms with E-state index in [1.54, 1.807) is 10.7 Å². The topological polar surface area (TPSA) is 90.0 Å². The van der Waals surface area contributed by atoms with Crippen molar-refractivity contribution in [1.29, 1.82) is 0 Å². The van der Waals surface area contributed by atoms with E-state index in [2.05, 4.69) is 25.5 Å². The van der Waals surface area contributed by atoms with Gasteiger partial charge in [-0.2, -0.15) is 10.1 Å². The Hall–Kier alpha value is -3.55. The molecule has 0 bridgehead atoms. The maximum atomic E-state index is 12.0. The van der Waals surface area contributed by atoms with E-state index in [1.165, 1.54) is 0 Å². The van der Waals surface area contributed by atoms with Crippen molar-refractivity contribution < 1.29 is 4.79 Å². The highest BCUT2D eigenvalue weighted by Gasteiger charge is 2.30. The first-order valence-electron chi connectivity index (χ1n) is 8.84. The summed E-state index contributed by atoms with van der Waals surface area (Å²) in [7, 11) is 0. The van der Waals surface area contributed by atoms with Crippen LogP contribution in [0.25, 0.3) is 16.8 Å². The van der Waals surface area contributed by atoms with Crippen LogP contribution >= 0.6 is 0 Å². The predicted molar refractivity (Wildman–Crippen MR) is 98.9 cm³/mol. The molecule has 1 aliphatic rings. The minimum absolute atomic E-state index is 0.00301. The number of fused-ring (bicyclic) bond motifs is 1. The van der Waals surface area contributed by atoms with Gasteiger partial charge >= 0.3 is 0 Å². The molecule has 0 unspecified atom stereocenters. The number of anilines is 1. The average molecular weight is 359 g/mol. The lowest BCUT2D eigenvalue weighted by Crippen LogP contribution is -2.14. The lowest BCUT2D eigenvalue weighted by Gasteiger charge is -2.01. The molecule has 27 heavy (non-hydrogen) atoms. The average Bonchev–Trinajstić information content (AvgIpc) is 3.31. The minimum atomic E-state index is -0.00301. The van der Waals surface area contributed by atoms with Gasteiger partial charge in [-0.25, -0.2) is 4.52 Å². The molecule has 0 saturated heterocycles. The van der Waals surface area contributed by atoms with Crippen molar-refractivity contribution in [1.82, 2.24) is 29.4 Å². The molecule has 1 N–H and O–H groups in total. The van der Waals surface area contributed by atoms with Crippen LogP contribution in [0.15, 0.2) is 55.2 Å². The predicted octanol–water partition coefficient (Wildman–Crippen LogP) is 2.38. The van der Waals surface area contributed by atoms with E-state index in [0.717, 1.165) is 29.5 Å². The van der Waals surface area contributed by atoms with Gasteiger partial charge in [0.2, 0.25) is 11.9 Å². The van der Waals surface area contributed by atoms with Gasteiger partial charge < -0.3 is 0 Å². The maximum absolute atomic E-state index is 12.0. The Morgan fingerprint density at radius 1 is 1.22 bits per heavy atom. The number of aromatic nitrogens is 6. The van der Waals surface area contributed by atoms with Gasteiger partial charge in [-0.1, -0.05) is 6.07 Å². The quantitative estimate of drug-likeness (QED) is 0.591. The monoisotopic (exact) mass is 359 g/mol. The number of carbonyl (C=O) groups excluding carboxylic acids is 1. The van der Waals surface area contributed by atoms with E-state index < -0.39 is 0 Å². The fourth-order valence-electron chi connectivity index (χ4n) is 3.01. The number of nitrogens with zero attached hydrogens (tertiary/aromatic N) is 6. The second-order valence-electron chi connectivity index (χ2n) is 6.68. The standard InChI is InChI=1S/C19H17N7O/c27-18(14-5-6-14)23-19-22-17-16(4-2-8-26(17)24-19)15-10-21-25(12-15)11-13-3-1-7-20-9-13/h1-4,7-10,12,14H,5-6,11H2,(H,23,24,27). The number of nitrogens with one attached hydrogen (secondary N) is 1. The van der Waals surface area contributed by atoms with Gasteiger partial charge in [0.1, 0.15) is 0 Å². The van der Waals surface area contributed by atoms with Gasteiger partial charge in [-0.15, -0.1) is 5.10 Å². The molecule has 0 radical (unpaired) electrons. The van der Waals surface area contributed by atoms with Crippen LogP contribution in [0.1, 0.15) is 18.4 Å². The van der Waals surface area contributed by atoms with E-state index in [1.807, 2.05) is 53.7 Å². The summed E-state index contributed by atoms with van der Waals surface area (Å²) >= 11 is 0. The molecule has 4 aromatic heterocycles. The Labute approximate surface area is 154 Å². The highest BCUT2D eigenvalue weighted by molar-refractivity contribution is 5.93. The number of hydrogen-bond donors (Lipinski definition) is 1. The van der Waals surface area contributed by atoms with Crippen molar-refractivity contribution in [2.24, 2.45) is 5.92 Å². The Balaban J connectivity index is 1.44. The fourth-order valence-corrected chi connectivity index (χ4v) is 3.01. The number of amides is 1. The molecule has 5 rings (SSSR count). The summed E-state index contributed by atoms with van der Waals surface area (Å²) in [6.07, 6.45) is 11.1. The van der Waals surface area contributed by atoms with Crippen LogP contribution in [0.3, 0.4) is 0 Å². The van der Waals surface area contributed by atoms with Crippen LogP contribution < -0.4 is 5.32 Å². The Morgan fingerprint density at radius 3 is 2.96 bits per heavy atom. The number of rotatable bonds is 5. The van der Waals surface area contributed by atoms with Gasteiger partial charge in [0.25, 0.3) is 0 Å². The van der Waals surface area contributed by atoms with Crippen LogP contribution in [-0.2, 0) is 11.3 Å². The van der Waals surface area contributed by atoms with Crippen molar-refractivity contribution >= 4 is 17.5 Å². The van der Waals surface area contributed by atoms with Gasteiger partial charge in [0.05, 0.1) is 12.7 Å². The van der Waals surface area contributed by atoms with Crippen LogP contribution in [0.2, 0.25) is 0 Å². The molecular formula is C19H17N7O. The molecule has 0 aromatic carbocycles. The van der Waals surface area contributed by atoms with Crippen molar-refractivity contribution in [2.75, 3.05) is 5.32 Å². The van der Waals surface area contributed by atoms with E-state index in [0.29, 0.717) is 18.1 Å². The van der Waals surface area contributed by atoms with Crippen molar-refractivity contribution in [3.05, 3.63) is 60.8 Å². The van der Waals surface area contributed by atoms with Gasteiger partial charge in [-0.05, 0) is 36.6 Å². The first-order valence-corrected chi connectivity index (χ1v) is 8.84. The molecule has 1 aliphatic carbocycles. The summed E-state index contributed by atoms with van der Waals surface area (Å²) in [5.41, 5.74) is 3.62. The summed E-state index contributed by atoms with van der Waals surface area (Å²) < 4.78 is 3.54. The zero-order chi connectivity index (χ0) is 18.2. The minimum Gasteiger partial charge on any atom is -0.293 e. The van der Waals surface area contributed by atoms with Crippen LogP contribution in [0.5, 0.6) is 0 Å². The Kier molecular flexibility index (Phi) is 3.67. The van der Waals surface area contributed by atoms with Gasteiger partial charge in [0, 0.05) is 41.8 Å². The second-order valence-corrected chi connectivity index (χ2v) is 6.68. The summed E-state index contributed by atoms with van der Waals surface area (Å²) in [6, 6.07) is 7.81. The van der Waals surface area contributed by atoms with Crippen LogP contribution in [0.4, 0.5) is 5.95 Å². The van der Waals surface area contributed by atoms with Crippen LogP contribution in [-0.4, -0.2) is 35.3 Å². The summed E-state index contributed by atoms with van der Waals surface area (Å²) in [6.45, 7) is 0.645. The largest absolute Gasteiger partial charge is 0.293 e. The zero-order valence-electron chi connectivity index (χ0n) is 14.5. The molecule has 4 heterocycles. The SMILES string of the molecule is O=C(Nc1nc2c(-c3cnn(Cc4cccnc4)c3)cccn2n1)C1CC1. The van der Waals surface area contributed by atoms with Crippen molar-refractivity contribution in [3.63, 3.8) is 0 Å². The van der Waals surface area contributed by atoms with E-state index in [-0.39, 0.29) is 11.8 Å². The fraction of sp³-hybridized carbons (Fsp3) is 0.211. The van der Waals surface area contributed by atoms with Gasteiger partial charge in [0.15, 0.2) is 5.65 Å². The highest BCUT2D eigenvalue weighted by atomic mass is 16.2. The smallest absolute Gasteiger partial charge is 0.249 e. The molecule has 4 aromatic rings. The third-order valence-electron chi connectivity index (χ3n) is 4.56. The molecule has 0 spiro atoms. The molecule has 8 nitrogen and oxygen atoms in total. The Morgan fingerprint density at radius 2 is 2.15 bits per heavy atom. The van der Waals surface area contributed by atoms with E-state index in [4.69, 9.17) is 0 Å². The lowest BCUT2D eigenvalue weighted by atomic mass is 10.1. The molecule has 0 atom stereocenters. The number of carbonyl (C=O) groups is 1. The van der Waals surface area contributed by atoms with E-state index >= 15 is 0 Å². The lowest BCUT2D eigenvalue weighted by molar-refractivity contribution is -0.117. The second kappa shape index (κ2) is 6.31. The molecule has 1 saturated carbocycles. The Bertz CT molecular complexity index is 1110. The molecule has 8 heteroatoms. The summed E-state index contributed by atoms with van der Waals surface area (Å²) in [5, 5.41) is 11.6. The van der Waals surface area contributed by atoms with Crippen molar-refractivity contribution in [3.8, 4) is 11.1 Å². The first-order chi connectivity index (χ1) is 13.3. The first kappa shape index (κ1) is 15.7. The van der Waals surface area contributed by atoms with Gasteiger partial charge in [-0.3, -0.25) is 19.8 Å². The normalized spacial score (nSPS) is 13.8. The molecular weight excluding hydrogens is 342 g/mol. The maximum Gasteiger partial charge on any atom is 0.249 e. The number of hydrogen-bond acceptors (Lipinski definition) is 5. The van der Waals surface area contributed by atoms with Crippen LogP contribution in [0, 0.1) is 5.92 Å². The highest BCUT2D eigenvalue weighted by Crippen LogP contribution is 2.30. The molecule has 1 fully saturated rings. The number of pyridine rings is 2.